The number of rotatable bonds is 5. The molecule has 0 radical (unpaired) electrons. The average Bonchev–Trinajstić information content (AvgIpc) is 3.26. The number of amides is 2. The van der Waals surface area contributed by atoms with E-state index in [2.05, 4.69) is 10.3 Å². The summed E-state index contributed by atoms with van der Waals surface area (Å²) >= 11 is 1.56. The highest BCUT2D eigenvalue weighted by atomic mass is 32.1. The molecule has 5 nitrogen and oxygen atoms in total. The van der Waals surface area contributed by atoms with Crippen molar-refractivity contribution in [2.45, 2.75) is 38.3 Å². The van der Waals surface area contributed by atoms with Gasteiger partial charge in [0.05, 0.1) is 18.5 Å². The van der Waals surface area contributed by atoms with Gasteiger partial charge in [0.15, 0.2) is 0 Å². The van der Waals surface area contributed by atoms with Crippen molar-refractivity contribution in [2.24, 2.45) is 0 Å². The first-order chi connectivity index (χ1) is 11.6. The van der Waals surface area contributed by atoms with Crippen LogP contribution in [0.5, 0.6) is 0 Å². The summed E-state index contributed by atoms with van der Waals surface area (Å²) in [7, 11) is 0. The lowest BCUT2D eigenvalue weighted by Gasteiger charge is -2.27. The van der Waals surface area contributed by atoms with Gasteiger partial charge < -0.3 is 10.2 Å². The molecule has 2 unspecified atom stereocenters. The monoisotopic (exact) mass is 343 g/mol. The zero-order valence-electron chi connectivity index (χ0n) is 13.6. The van der Waals surface area contributed by atoms with Gasteiger partial charge in [-0.05, 0) is 42.0 Å². The summed E-state index contributed by atoms with van der Waals surface area (Å²) in [6, 6.07) is 7.70. The van der Waals surface area contributed by atoms with E-state index in [0.29, 0.717) is 6.42 Å². The Kier molecular flexibility index (Phi) is 5.25. The molecule has 6 heteroatoms. The molecule has 0 aliphatic carbocycles. The molecule has 0 bridgehead atoms. The molecule has 2 aromatic rings. The molecular weight excluding hydrogens is 322 g/mol. The summed E-state index contributed by atoms with van der Waals surface area (Å²) in [5.41, 5.74) is 1.13. The maximum Gasteiger partial charge on any atom is 0.225 e. The van der Waals surface area contributed by atoms with Crippen molar-refractivity contribution in [1.82, 2.24) is 15.2 Å². The Balaban J connectivity index is 1.73. The third-order valence-corrected chi connectivity index (χ3v) is 5.29. The predicted octanol–water partition coefficient (Wildman–Crippen LogP) is 3.07. The van der Waals surface area contributed by atoms with E-state index in [1.807, 2.05) is 34.5 Å². The minimum absolute atomic E-state index is 0.0847. The third-order valence-electron chi connectivity index (χ3n) is 4.31. The van der Waals surface area contributed by atoms with E-state index in [0.717, 1.165) is 29.8 Å². The van der Waals surface area contributed by atoms with E-state index in [-0.39, 0.29) is 23.9 Å². The standard InChI is InChI=1S/C18H21N3O2S/c1-13(22)20-15(17-5-3-11-24-17)12-18(23)21-10-2-4-16(21)14-6-8-19-9-7-14/h3,5-9,11,15-16H,2,4,10,12H2,1H3,(H,20,22). The normalized spacial score (nSPS) is 18.4. The van der Waals surface area contributed by atoms with Crippen LogP contribution in [0.1, 0.15) is 48.7 Å². The summed E-state index contributed by atoms with van der Waals surface area (Å²) in [5.74, 6) is -0.0326. The van der Waals surface area contributed by atoms with Crippen molar-refractivity contribution >= 4 is 23.2 Å². The van der Waals surface area contributed by atoms with Gasteiger partial charge in [0.1, 0.15) is 0 Å². The first-order valence-corrected chi connectivity index (χ1v) is 9.03. The summed E-state index contributed by atoms with van der Waals surface area (Å²) < 4.78 is 0. The molecule has 3 rings (SSSR count). The fraction of sp³-hybridized carbons (Fsp3) is 0.389. The minimum Gasteiger partial charge on any atom is -0.348 e. The third kappa shape index (κ3) is 3.82. The summed E-state index contributed by atoms with van der Waals surface area (Å²) in [4.78, 5) is 31.4. The van der Waals surface area contributed by atoms with Crippen LogP contribution in [0.3, 0.4) is 0 Å². The number of carbonyl (C=O) groups is 2. The van der Waals surface area contributed by atoms with Gasteiger partial charge in [0.2, 0.25) is 11.8 Å². The molecule has 24 heavy (non-hydrogen) atoms. The zero-order valence-corrected chi connectivity index (χ0v) is 14.5. The molecule has 0 saturated carbocycles. The molecule has 2 atom stereocenters. The lowest BCUT2D eigenvalue weighted by Crippen LogP contribution is -2.35. The minimum atomic E-state index is -0.256. The van der Waals surface area contributed by atoms with Crippen molar-refractivity contribution < 1.29 is 9.59 Å². The van der Waals surface area contributed by atoms with Crippen LogP contribution in [-0.2, 0) is 9.59 Å². The Hall–Kier alpha value is -2.21. The number of thiophene rings is 1. The zero-order chi connectivity index (χ0) is 16.9. The number of carbonyl (C=O) groups excluding carboxylic acids is 2. The molecule has 1 saturated heterocycles. The Bertz CT molecular complexity index is 688. The summed E-state index contributed by atoms with van der Waals surface area (Å²) in [6.45, 7) is 2.25. The molecule has 126 valence electrons. The van der Waals surface area contributed by atoms with Gasteiger partial charge in [-0.2, -0.15) is 0 Å². The number of hydrogen-bond acceptors (Lipinski definition) is 4. The van der Waals surface area contributed by atoms with Crippen molar-refractivity contribution in [3.05, 3.63) is 52.5 Å². The Morgan fingerprint density at radius 3 is 2.83 bits per heavy atom. The fourth-order valence-electron chi connectivity index (χ4n) is 3.25. The first kappa shape index (κ1) is 16.6. The highest BCUT2D eigenvalue weighted by molar-refractivity contribution is 7.10. The van der Waals surface area contributed by atoms with Crippen molar-refractivity contribution in [3.8, 4) is 0 Å². The number of aromatic nitrogens is 1. The van der Waals surface area contributed by atoms with E-state index in [4.69, 9.17) is 0 Å². The van der Waals surface area contributed by atoms with Crippen molar-refractivity contribution in [1.29, 1.82) is 0 Å². The molecule has 1 aliphatic heterocycles. The Morgan fingerprint density at radius 1 is 1.38 bits per heavy atom. The molecule has 1 aliphatic rings. The van der Waals surface area contributed by atoms with Gasteiger partial charge in [-0.25, -0.2) is 0 Å². The molecule has 0 spiro atoms. The molecule has 0 aromatic carbocycles. The van der Waals surface area contributed by atoms with Crippen molar-refractivity contribution in [2.75, 3.05) is 6.54 Å². The lowest BCUT2D eigenvalue weighted by molar-refractivity contribution is -0.133. The van der Waals surface area contributed by atoms with E-state index in [9.17, 15) is 9.59 Å². The molecule has 2 aromatic heterocycles. The van der Waals surface area contributed by atoms with Gasteiger partial charge in [-0.15, -0.1) is 11.3 Å². The summed E-state index contributed by atoms with van der Waals surface area (Å²) in [6.07, 6.45) is 5.80. The van der Waals surface area contributed by atoms with Crippen LogP contribution in [0.2, 0.25) is 0 Å². The van der Waals surface area contributed by atoms with E-state index in [1.54, 1.807) is 23.7 Å². The first-order valence-electron chi connectivity index (χ1n) is 8.15. The smallest absolute Gasteiger partial charge is 0.225 e. The molecule has 1 fully saturated rings. The van der Waals surface area contributed by atoms with Gasteiger partial charge in [-0.3, -0.25) is 14.6 Å². The fourth-order valence-corrected chi connectivity index (χ4v) is 4.02. The largest absolute Gasteiger partial charge is 0.348 e. The molecule has 1 N–H and O–H groups in total. The maximum atomic E-state index is 12.9. The van der Waals surface area contributed by atoms with Gasteiger partial charge in [-0.1, -0.05) is 6.07 Å². The number of hydrogen-bond donors (Lipinski definition) is 1. The molecule has 3 heterocycles. The second-order valence-corrected chi connectivity index (χ2v) is 6.98. The maximum absolute atomic E-state index is 12.9. The predicted molar refractivity (Wildman–Crippen MR) is 93.4 cm³/mol. The van der Waals surface area contributed by atoms with E-state index in [1.165, 1.54) is 6.92 Å². The topological polar surface area (TPSA) is 62.3 Å². The highest BCUT2D eigenvalue weighted by Crippen LogP contribution is 2.33. The van der Waals surface area contributed by atoms with Crippen LogP contribution in [0, 0.1) is 0 Å². The highest BCUT2D eigenvalue weighted by Gasteiger charge is 2.31. The van der Waals surface area contributed by atoms with Crippen LogP contribution < -0.4 is 5.32 Å². The Labute approximate surface area is 145 Å². The van der Waals surface area contributed by atoms with Crippen LogP contribution >= 0.6 is 11.3 Å². The second-order valence-electron chi connectivity index (χ2n) is 6.00. The molecule has 2 amide bonds. The average molecular weight is 343 g/mol. The summed E-state index contributed by atoms with van der Waals surface area (Å²) in [5, 5.41) is 4.87. The van der Waals surface area contributed by atoms with Gasteiger partial charge in [0, 0.05) is 30.7 Å². The van der Waals surface area contributed by atoms with Gasteiger partial charge in [0.25, 0.3) is 0 Å². The van der Waals surface area contributed by atoms with Crippen LogP contribution in [-0.4, -0.2) is 28.2 Å². The lowest BCUT2D eigenvalue weighted by atomic mass is 10.1. The van der Waals surface area contributed by atoms with Crippen LogP contribution in [0.25, 0.3) is 0 Å². The molecular formula is C18H21N3O2S. The van der Waals surface area contributed by atoms with Crippen molar-refractivity contribution in [3.63, 3.8) is 0 Å². The van der Waals surface area contributed by atoms with Crippen LogP contribution in [0.4, 0.5) is 0 Å². The van der Waals surface area contributed by atoms with E-state index >= 15 is 0 Å². The number of nitrogens with one attached hydrogen (secondary N) is 1. The van der Waals surface area contributed by atoms with Crippen LogP contribution in [0.15, 0.2) is 42.0 Å². The second kappa shape index (κ2) is 7.57. The SMILES string of the molecule is CC(=O)NC(CC(=O)N1CCCC1c1ccncc1)c1cccs1. The number of pyridine rings is 1. The van der Waals surface area contributed by atoms with E-state index < -0.39 is 0 Å². The van der Waals surface area contributed by atoms with Gasteiger partial charge >= 0.3 is 0 Å². The number of nitrogens with zero attached hydrogens (tertiary/aromatic N) is 2. The number of likely N-dealkylation sites (tertiary alicyclic amines) is 1. The Morgan fingerprint density at radius 2 is 2.17 bits per heavy atom. The quantitative estimate of drug-likeness (QED) is 0.907.